The maximum Gasteiger partial charge on any atom is 0.262 e. The number of hydrogen-bond acceptors (Lipinski definition) is 5. The Labute approximate surface area is 150 Å². The Hall–Kier alpha value is -2.60. The third-order valence-corrected chi connectivity index (χ3v) is 4.98. The Kier molecular flexibility index (Phi) is 4.63. The monoisotopic (exact) mass is 355 g/mol. The highest BCUT2D eigenvalue weighted by Crippen LogP contribution is 2.34. The van der Waals surface area contributed by atoms with E-state index in [1.54, 1.807) is 0 Å². The smallest absolute Gasteiger partial charge is 0.262 e. The number of aryl methyl sites for hydroxylation is 4. The number of fused-ring (bicyclic) bond motifs is 1. The van der Waals surface area contributed by atoms with Crippen LogP contribution < -0.4 is 15.8 Å². The van der Waals surface area contributed by atoms with E-state index in [1.165, 1.54) is 11.3 Å². The number of rotatable bonds is 4. The third kappa shape index (κ3) is 3.74. The van der Waals surface area contributed by atoms with Crippen molar-refractivity contribution in [1.82, 2.24) is 4.98 Å². The molecular weight excluding hydrogens is 334 g/mol. The molecule has 3 N–H and O–H groups in total. The number of nitrogens with zero attached hydrogens (tertiary/aromatic N) is 1. The lowest BCUT2D eigenvalue weighted by molar-refractivity contribution is -0.118. The van der Waals surface area contributed by atoms with Crippen molar-refractivity contribution in [3.63, 3.8) is 0 Å². The van der Waals surface area contributed by atoms with Crippen molar-refractivity contribution >= 4 is 38.3 Å². The molecule has 1 aromatic heterocycles. The quantitative estimate of drug-likeness (QED) is 0.738. The van der Waals surface area contributed by atoms with E-state index in [0.29, 0.717) is 10.9 Å². The predicted molar refractivity (Wildman–Crippen MR) is 104 cm³/mol. The molecule has 2 aromatic carbocycles. The maximum absolute atomic E-state index is 12.3. The van der Waals surface area contributed by atoms with E-state index < -0.39 is 0 Å². The molecule has 0 saturated heterocycles. The molecule has 5 nitrogen and oxygen atoms in total. The van der Waals surface area contributed by atoms with E-state index in [1.807, 2.05) is 45.9 Å². The van der Waals surface area contributed by atoms with Crippen molar-refractivity contribution < 1.29 is 9.53 Å². The van der Waals surface area contributed by atoms with Gasteiger partial charge in [-0.25, -0.2) is 4.98 Å². The molecule has 130 valence electrons. The molecule has 3 aromatic rings. The summed E-state index contributed by atoms with van der Waals surface area (Å²) < 4.78 is 6.63. The van der Waals surface area contributed by atoms with Crippen LogP contribution in [0.25, 0.3) is 10.2 Å². The van der Waals surface area contributed by atoms with Crippen LogP contribution in [0.2, 0.25) is 0 Å². The van der Waals surface area contributed by atoms with Crippen LogP contribution in [0.5, 0.6) is 5.75 Å². The van der Waals surface area contributed by atoms with Crippen LogP contribution in [-0.2, 0) is 4.79 Å². The molecule has 0 radical (unpaired) electrons. The van der Waals surface area contributed by atoms with Crippen LogP contribution in [0.1, 0.15) is 22.3 Å². The fourth-order valence-electron chi connectivity index (χ4n) is 2.94. The van der Waals surface area contributed by atoms with Crippen LogP contribution in [0, 0.1) is 27.7 Å². The van der Waals surface area contributed by atoms with Gasteiger partial charge in [-0.15, -0.1) is 0 Å². The molecular formula is C19H21N3O2S. The second kappa shape index (κ2) is 6.72. The molecule has 1 heterocycles. The number of ether oxygens (including phenoxy) is 1. The van der Waals surface area contributed by atoms with Crippen LogP contribution in [0.3, 0.4) is 0 Å². The summed E-state index contributed by atoms with van der Waals surface area (Å²) in [6, 6.07) is 7.84. The molecule has 25 heavy (non-hydrogen) atoms. The minimum absolute atomic E-state index is 0.0371. The van der Waals surface area contributed by atoms with Crippen molar-refractivity contribution in [2.45, 2.75) is 27.7 Å². The Bertz CT molecular complexity index is 943. The summed E-state index contributed by atoms with van der Waals surface area (Å²) in [7, 11) is 0. The van der Waals surface area contributed by atoms with Gasteiger partial charge in [-0.05, 0) is 68.1 Å². The summed E-state index contributed by atoms with van der Waals surface area (Å²) in [5, 5.41) is 3.48. The van der Waals surface area contributed by atoms with Gasteiger partial charge in [-0.3, -0.25) is 4.79 Å². The van der Waals surface area contributed by atoms with Gasteiger partial charge in [-0.2, -0.15) is 0 Å². The molecule has 3 rings (SSSR count). The first-order chi connectivity index (χ1) is 11.8. The largest absolute Gasteiger partial charge is 0.484 e. The van der Waals surface area contributed by atoms with Gasteiger partial charge in [0.1, 0.15) is 5.75 Å². The number of carbonyl (C=O) groups is 1. The van der Waals surface area contributed by atoms with E-state index in [-0.39, 0.29) is 12.5 Å². The average Bonchev–Trinajstić information content (AvgIpc) is 2.89. The van der Waals surface area contributed by atoms with Gasteiger partial charge in [0.15, 0.2) is 11.7 Å². The van der Waals surface area contributed by atoms with Crippen molar-refractivity contribution in [2.24, 2.45) is 0 Å². The SMILES string of the molecule is Cc1cc(C)cc(OCC(=O)Nc2c(C)cc3nc(N)sc3c2C)c1. The summed E-state index contributed by atoms with van der Waals surface area (Å²) in [5.74, 6) is 0.508. The lowest BCUT2D eigenvalue weighted by atomic mass is 10.1. The first-order valence-corrected chi connectivity index (χ1v) is 8.82. The van der Waals surface area contributed by atoms with Gasteiger partial charge in [-0.1, -0.05) is 17.4 Å². The molecule has 0 aliphatic rings. The minimum Gasteiger partial charge on any atom is -0.484 e. The fraction of sp³-hybridized carbons (Fsp3) is 0.263. The normalized spacial score (nSPS) is 10.9. The van der Waals surface area contributed by atoms with Crippen LogP contribution in [0.4, 0.5) is 10.8 Å². The maximum atomic E-state index is 12.3. The lowest BCUT2D eigenvalue weighted by Crippen LogP contribution is -2.21. The zero-order valence-electron chi connectivity index (χ0n) is 14.8. The molecule has 1 amide bonds. The second-order valence-electron chi connectivity index (χ2n) is 6.25. The summed E-state index contributed by atoms with van der Waals surface area (Å²) >= 11 is 1.43. The van der Waals surface area contributed by atoms with Gasteiger partial charge >= 0.3 is 0 Å². The zero-order chi connectivity index (χ0) is 18.1. The standard InChI is InChI=1S/C19H21N3O2S/c1-10-5-11(2)7-14(6-10)24-9-16(23)22-17-12(3)8-15-18(13(17)4)25-19(20)21-15/h5-8H,9H2,1-4H3,(H2,20,21)(H,22,23). The van der Waals surface area contributed by atoms with Gasteiger partial charge in [0.2, 0.25) is 0 Å². The van der Waals surface area contributed by atoms with E-state index in [0.717, 1.165) is 38.2 Å². The molecule has 0 spiro atoms. The van der Waals surface area contributed by atoms with Crippen molar-refractivity contribution in [3.05, 3.63) is 46.5 Å². The lowest BCUT2D eigenvalue weighted by Gasteiger charge is -2.13. The van der Waals surface area contributed by atoms with E-state index >= 15 is 0 Å². The number of amides is 1. The predicted octanol–water partition coefficient (Wildman–Crippen LogP) is 4.13. The average molecular weight is 355 g/mol. The number of hydrogen-bond donors (Lipinski definition) is 2. The zero-order valence-corrected chi connectivity index (χ0v) is 15.6. The van der Waals surface area contributed by atoms with Crippen molar-refractivity contribution in [2.75, 3.05) is 17.7 Å². The Morgan fingerprint density at radius 3 is 2.52 bits per heavy atom. The number of anilines is 2. The molecule has 0 atom stereocenters. The first kappa shape index (κ1) is 17.2. The molecule has 0 fully saturated rings. The second-order valence-corrected chi connectivity index (χ2v) is 7.28. The minimum atomic E-state index is -0.192. The molecule has 0 aliphatic heterocycles. The fourth-order valence-corrected chi connectivity index (χ4v) is 3.75. The van der Waals surface area contributed by atoms with Crippen LogP contribution >= 0.6 is 11.3 Å². The van der Waals surface area contributed by atoms with E-state index in [2.05, 4.69) is 16.4 Å². The van der Waals surface area contributed by atoms with Crippen LogP contribution in [0.15, 0.2) is 24.3 Å². The van der Waals surface area contributed by atoms with E-state index in [9.17, 15) is 4.79 Å². The van der Waals surface area contributed by atoms with Crippen molar-refractivity contribution in [3.8, 4) is 5.75 Å². The van der Waals surface area contributed by atoms with Gasteiger partial charge in [0.25, 0.3) is 5.91 Å². The molecule has 0 bridgehead atoms. The number of aromatic nitrogens is 1. The van der Waals surface area contributed by atoms with E-state index in [4.69, 9.17) is 10.5 Å². The number of carbonyl (C=O) groups excluding carboxylic acids is 1. The Balaban J connectivity index is 1.75. The molecule has 0 unspecified atom stereocenters. The number of nitrogens with one attached hydrogen (secondary N) is 1. The summed E-state index contributed by atoms with van der Waals surface area (Å²) in [6.07, 6.45) is 0. The number of nitrogen functional groups attached to an aromatic ring is 1. The highest BCUT2D eigenvalue weighted by molar-refractivity contribution is 7.22. The third-order valence-electron chi connectivity index (χ3n) is 3.96. The highest BCUT2D eigenvalue weighted by Gasteiger charge is 2.14. The van der Waals surface area contributed by atoms with Gasteiger partial charge in [0.05, 0.1) is 10.2 Å². The first-order valence-electron chi connectivity index (χ1n) is 8.00. The molecule has 6 heteroatoms. The van der Waals surface area contributed by atoms with Gasteiger partial charge < -0.3 is 15.8 Å². The number of benzene rings is 2. The van der Waals surface area contributed by atoms with Crippen LogP contribution in [-0.4, -0.2) is 17.5 Å². The summed E-state index contributed by atoms with van der Waals surface area (Å²) in [4.78, 5) is 16.6. The molecule has 0 aliphatic carbocycles. The Morgan fingerprint density at radius 1 is 1.16 bits per heavy atom. The Morgan fingerprint density at radius 2 is 1.84 bits per heavy atom. The number of thiazole rings is 1. The summed E-state index contributed by atoms with van der Waals surface area (Å²) in [6.45, 7) is 7.88. The van der Waals surface area contributed by atoms with Gasteiger partial charge in [0, 0.05) is 5.69 Å². The summed E-state index contributed by atoms with van der Waals surface area (Å²) in [5.41, 5.74) is 11.6. The molecule has 0 saturated carbocycles. The highest BCUT2D eigenvalue weighted by atomic mass is 32.1. The number of nitrogens with two attached hydrogens (primary N) is 1. The topological polar surface area (TPSA) is 77.2 Å². The van der Waals surface area contributed by atoms with Crippen molar-refractivity contribution in [1.29, 1.82) is 0 Å².